The third-order valence-corrected chi connectivity index (χ3v) is 14.3. The van der Waals surface area contributed by atoms with Gasteiger partial charge < -0.3 is 29.3 Å². The van der Waals surface area contributed by atoms with Crippen LogP contribution in [0.1, 0.15) is 106 Å². The molecule has 2 aromatic carbocycles. The number of ether oxygens (including phenoxy) is 1. The first-order valence-corrected chi connectivity index (χ1v) is 25.0. The summed E-state index contributed by atoms with van der Waals surface area (Å²) in [6.07, 6.45) is 9.68. The minimum atomic E-state index is -0.576. The Morgan fingerprint density at radius 2 is 1.08 bits per heavy atom. The molecule has 4 saturated heterocycles. The average molecular weight is 975 g/mol. The molecule has 0 atom stereocenters. The summed E-state index contributed by atoms with van der Waals surface area (Å²) < 4.78 is 42.9. The van der Waals surface area contributed by atoms with Gasteiger partial charge in [-0.25, -0.2) is 23.5 Å². The fraction of sp³-hybridized carbons (Fsp3) is 0.491. The molecule has 16 nitrogen and oxygen atoms in total. The van der Waals surface area contributed by atoms with Crippen molar-refractivity contribution in [2.75, 3.05) is 63.4 Å². The predicted molar refractivity (Wildman–Crippen MR) is 264 cm³/mol. The van der Waals surface area contributed by atoms with Gasteiger partial charge >= 0.3 is 6.09 Å². The minimum absolute atomic E-state index is 0.0375. The van der Waals surface area contributed by atoms with Crippen molar-refractivity contribution < 1.29 is 36.9 Å². The lowest BCUT2D eigenvalue weighted by molar-refractivity contribution is -0.139. The van der Waals surface area contributed by atoms with E-state index < -0.39 is 11.7 Å². The van der Waals surface area contributed by atoms with E-state index in [-0.39, 0.29) is 47.1 Å². The van der Waals surface area contributed by atoms with E-state index in [2.05, 4.69) is 35.4 Å². The second-order valence-electron chi connectivity index (χ2n) is 20.5. The standard InChI is InChI=1S/C29H36FN5O4.C24H28FN5O2/c1-29(2,3)38-28(37)32-25-16-19(6-11-31-25)18-34-12-7-21(8-13-34)27(36)35-14-9-20(10-15-35)26-23-5-4-22(30)17-24(23)39-33-26;25-19-1-2-20-21(14-19)32-28-23(20)17-6-11-30(12-7-17)24(31)18-4-9-29(10-5-18)15-16-3-8-27-22(26)13-16/h4-6,11,16-17,20-21H,7-10,12-15,18H2,1-3H3,(H,31,32,37);1-3,8,13-14,17-18H,4-7,9-12,15H2,(H2,26,27). The van der Waals surface area contributed by atoms with Crippen LogP contribution >= 0.6 is 0 Å². The number of carbonyl (C=O) groups is 3. The summed E-state index contributed by atoms with van der Waals surface area (Å²) in [5.74, 6) is 1.45. The second kappa shape index (κ2) is 21.9. The van der Waals surface area contributed by atoms with E-state index in [9.17, 15) is 23.2 Å². The van der Waals surface area contributed by atoms with Crippen molar-refractivity contribution in [2.45, 2.75) is 103 Å². The number of amides is 3. The summed E-state index contributed by atoms with van der Waals surface area (Å²) in [4.78, 5) is 55.4. The number of anilines is 2. The van der Waals surface area contributed by atoms with Gasteiger partial charge in [0.2, 0.25) is 11.8 Å². The van der Waals surface area contributed by atoms with Crippen molar-refractivity contribution in [3.63, 3.8) is 0 Å². The molecular weight excluding hydrogens is 911 g/mol. The van der Waals surface area contributed by atoms with Crippen LogP contribution in [0.5, 0.6) is 0 Å². The number of hydrogen-bond donors (Lipinski definition) is 2. The molecule has 4 aliphatic rings. The Kier molecular flexibility index (Phi) is 15.2. The summed E-state index contributed by atoms with van der Waals surface area (Å²) >= 11 is 0. The van der Waals surface area contributed by atoms with Crippen LogP contribution in [-0.4, -0.2) is 116 Å². The number of carbonyl (C=O) groups excluding carboxylic acids is 3. The summed E-state index contributed by atoms with van der Waals surface area (Å²) in [6.45, 7) is 13.4. The number of nitrogen functional groups attached to an aromatic ring is 1. The zero-order valence-corrected chi connectivity index (χ0v) is 40.8. The van der Waals surface area contributed by atoms with Gasteiger partial charge in [0.1, 0.15) is 28.9 Å². The maximum Gasteiger partial charge on any atom is 0.413 e. The van der Waals surface area contributed by atoms with E-state index in [4.69, 9.17) is 19.5 Å². The van der Waals surface area contributed by atoms with Gasteiger partial charge in [0, 0.05) is 98.2 Å². The first kappa shape index (κ1) is 49.5. The molecule has 10 rings (SSSR count). The highest BCUT2D eigenvalue weighted by Crippen LogP contribution is 2.36. The normalized spacial score (nSPS) is 18.4. The Labute approximate surface area is 412 Å². The number of piperidine rings is 4. The largest absolute Gasteiger partial charge is 0.444 e. The van der Waals surface area contributed by atoms with Gasteiger partial charge in [-0.15, -0.1) is 0 Å². The van der Waals surface area contributed by atoms with Crippen LogP contribution in [0.25, 0.3) is 21.9 Å². The Bertz CT molecular complexity index is 2800. The molecule has 4 fully saturated rings. The molecule has 6 aromatic rings. The smallest absolute Gasteiger partial charge is 0.413 e. The van der Waals surface area contributed by atoms with E-state index in [1.54, 1.807) is 24.5 Å². The van der Waals surface area contributed by atoms with Crippen molar-refractivity contribution >= 4 is 51.5 Å². The van der Waals surface area contributed by atoms with Crippen LogP contribution in [0.3, 0.4) is 0 Å². The molecule has 4 aromatic heterocycles. The number of likely N-dealkylation sites (tertiary alicyclic amines) is 4. The number of nitrogens with two attached hydrogens (primary N) is 1. The van der Waals surface area contributed by atoms with E-state index >= 15 is 0 Å². The van der Waals surface area contributed by atoms with E-state index in [1.807, 2.05) is 54.8 Å². The highest BCUT2D eigenvalue weighted by Gasteiger charge is 2.34. The van der Waals surface area contributed by atoms with Crippen LogP contribution in [0.2, 0.25) is 0 Å². The van der Waals surface area contributed by atoms with Crippen molar-refractivity contribution in [2.24, 2.45) is 11.8 Å². The fourth-order valence-electron chi connectivity index (χ4n) is 10.5. The highest BCUT2D eigenvalue weighted by molar-refractivity contribution is 5.84. The number of hydrogen-bond acceptors (Lipinski definition) is 13. The van der Waals surface area contributed by atoms with Crippen molar-refractivity contribution in [1.82, 2.24) is 39.9 Å². The zero-order valence-electron chi connectivity index (χ0n) is 40.8. The summed E-state index contributed by atoms with van der Waals surface area (Å²) in [5, 5.41) is 12.8. The molecule has 0 unspecified atom stereocenters. The summed E-state index contributed by atoms with van der Waals surface area (Å²) in [7, 11) is 0. The molecule has 3 amide bonds. The third kappa shape index (κ3) is 12.5. The van der Waals surface area contributed by atoms with Gasteiger partial charge in [-0.3, -0.25) is 24.7 Å². The molecule has 71 heavy (non-hydrogen) atoms. The molecule has 0 saturated carbocycles. The third-order valence-electron chi connectivity index (χ3n) is 14.3. The van der Waals surface area contributed by atoms with Crippen molar-refractivity contribution in [1.29, 1.82) is 0 Å². The van der Waals surface area contributed by atoms with Crippen LogP contribution in [-0.2, 0) is 27.4 Å². The molecule has 0 radical (unpaired) electrons. The van der Waals surface area contributed by atoms with Gasteiger partial charge in [0.25, 0.3) is 0 Å². The molecule has 3 N–H and O–H groups in total. The Hall–Kier alpha value is -6.53. The van der Waals surface area contributed by atoms with Gasteiger partial charge in [-0.05, 0) is 158 Å². The van der Waals surface area contributed by atoms with E-state index in [0.29, 0.717) is 35.9 Å². The van der Waals surface area contributed by atoms with Crippen molar-refractivity contribution in [3.05, 3.63) is 107 Å². The van der Waals surface area contributed by atoms with Crippen LogP contribution in [0, 0.1) is 23.5 Å². The second-order valence-corrected chi connectivity index (χ2v) is 20.5. The number of fused-ring (bicyclic) bond motifs is 2. The van der Waals surface area contributed by atoms with Gasteiger partial charge in [0.05, 0.1) is 11.4 Å². The number of nitrogens with zero attached hydrogens (tertiary/aromatic N) is 8. The Morgan fingerprint density at radius 3 is 1.54 bits per heavy atom. The molecule has 4 aliphatic heterocycles. The monoisotopic (exact) mass is 974 g/mol. The van der Waals surface area contributed by atoms with Crippen molar-refractivity contribution in [3.8, 4) is 0 Å². The molecule has 8 heterocycles. The molecule has 376 valence electrons. The number of rotatable bonds is 9. The molecule has 0 bridgehead atoms. The first-order valence-electron chi connectivity index (χ1n) is 25.0. The Morgan fingerprint density at radius 1 is 0.634 bits per heavy atom. The Balaban J connectivity index is 0.000000179. The number of nitrogens with one attached hydrogen (secondary N) is 1. The zero-order chi connectivity index (χ0) is 49.6. The van der Waals surface area contributed by atoms with Crippen LogP contribution in [0.4, 0.5) is 25.2 Å². The highest BCUT2D eigenvalue weighted by atomic mass is 19.1. The average Bonchev–Trinajstić information content (AvgIpc) is 3.98. The fourth-order valence-corrected chi connectivity index (χ4v) is 10.5. The molecule has 0 spiro atoms. The lowest BCUT2D eigenvalue weighted by Crippen LogP contribution is -2.45. The summed E-state index contributed by atoms with van der Waals surface area (Å²) in [5.41, 5.74) is 10.1. The number of pyridine rings is 2. The molecular formula is C53H64F2N10O6. The number of benzene rings is 2. The number of halogens is 2. The van der Waals surface area contributed by atoms with E-state index in [0.717, 1.165) is 137 Å². The first-order chi connectivity index (χ1) is 34.2. The van der Waals surface area contributed by atoms with Gasteiger partial charge in [-0.1, -0.05) is 10.3 Å². The van der Waals surface area contributed by atoms with E-state index in [1.165, 1.54) is 24.3 Å². The maximum atomic E-state index is 13.5. The summed E-state index contributed by atoms with van der Waals surface area (Å²) in [6, 6.07) is 16.8. The lowest BCUT2D eigenvalue weighted by Gasteiger charge is -2.37. The van der Waals surface area contributed by atoms with Gasteiger partial charge in [0.15, 0.2) is 11.2 Å². The maximum absolute atomic E-state index is 13.5. The number of aromatic nitrogens is 4. The molecule has 18 heteroatoms. The SMILES string of the molecule is CC(C)(C)OC(=O)Nc1cc(CN2CCC(C(=O)N3CCC(c4noc5cc(F)ccc45)CC3)CC2)ccn1.Nc1cc(CN2CCC(C(=O)N3CCC(c4noc5cc(F)ccc45)CC3)CC2)ccn1. The van der Waals surface area contributed by atoms with Crippen LogP contribution < -0.4 is 11.1 Å². The van der Waals surface area contributed by atoms with Crippen LogP contribution in [0.15, 0.2) is 82.1 Å². The predicted octanol–water partition coefficient (Wildman–Crippen LogP) is 8.89. The lowest BCUT2D eigenvalue weighted by atomic mass is 9.89. The minimum Gasteiger partial charge on any atom is -0.444 e. The topological polar surface area (TPSA) is 189 Å². The quantitative estimate of drug-likeness (QED) is 0.140. The van der Waals surface area contributed by atoms with Gasteiger partial charge in [-0.2, -0.15) is 0 Å². The molecule has 0 aliphatic carbocycles.